The van der Waals surface area contributed by atoms with Crippen LogP contribution >= 0.6 is 11.6 Å². The van der Waals surface area contributed by atoms with Crippen LogP contribution in [-0.2, 0) is 6.54 Å². The topological polar surface area (TPSA) is 45.3 Å². The highest BCUT2D eigenvalue weighted by Gasteiger charge is 2.21. The second-order valence-electron chi connectivity index (χ2n) is 7.26. The van der Waals surface area contributed by atoms with Gasteiger partial charge >= 0.3 is 0 Å². The molecule has 27 heavy (non-hydrogen) atoms. The number of benzene rings is 2. The number of H-pyrrole nitrogens is 1. The van der Waals surface area contributed by atoms with Crippen LogP contribution in [0, 0.1) is 6.92 Å². The van der Waals surface area contributed by atoms with E-state index in [2.05, 4.69) is 41.1 Å². The van der Waals surface area contributed by atoms with E-state index in [9.17, 15) is 4.79 Å². The Labute approximate surface area is 163 Å². The molecule has 1 aromatic heterocycles. The highest BCUT2D eigenvalue weighted by atomic mass is 35.5. The van der Waals surface area contributed by atoms with Crippen molar-refractivity contribution in [3.63, 3.8) is 0 Å². The fourth-order valence-electron chi connectivity index (χ4n) is 3.71. The number of pyridine rings is 1. The van der Waals surface area contributed by atoms with Gasteiger partial charge in [-0.3, -0.25) is 9.69 Å². The van der Waals surface area contributed by atoms with Gasteiger partial charge in [-0.15, -0.1) is 0 Å². The molecule has 1 fully saturated rings. The highest BCUT2D eigenvalue weighted by molar-refractivity contribution is 6.32. The van der Waals surface area contributed by atoms with Crippen LogP contribution < -0.4 is 10.3 Å². The molecule has 5 heteroatoms. The minimum absolute atomic E-state index is 0.134. The molecule has 2 heterocycles. The maximum absolute atomic E-state index is 11.9. The van der Waals surface area contributed by atoms with Crippen LogP contribution in [0.5, 0.6) is 5.75 Å². The molecule has 1 aliphatic rings. The zero-order valence-corrected chi connectivity index (χ0v) is 16.1. The number of nitrogens with one attached hydrogen (secondary N) is 1. The van der Waals surface area contributed by atoms with E-state index in [0.717, 1.165) is 37.9 Å². The summed E-state index contributed by atoms with van der Waals surface area (Å²) < 4.78 is 6.18. The summed E-state index contributed by atoms with van der Waals surface area (Å²) in [6.45, 7) is 5.12. The molecule has 0 amide bonds. The van der Waals surface area contributed by atoms with E-state index in [0.29, 0.717) is 16.2 Å². The molecule has 4 nitrogen and oxygen atoms in total. The maximum Gasteiger partial charge on any atom is 0.255 e. The van der Waals surface area contributed by atoms with E-state index in [4.69, 9.17) is 16.3 Å². The third-order valence-electron chi connectivity index (χ3n) is 5.14. The number of halogens is 1. The summed E-state index contributed by atoms with van der Waals surface area (Å²) in [6, 6.07) is 14.1. The molecule has 1 saturated heterocycles. The second-order valence-corrected chi connectivity index (χ2v) is 7.67. The van der Waals surface area contributed by atoms with Crippen molar-refractivity contribution in [2.75, 3.05) is 13.1 Å². The third kappa shape index (κ3) is 4.18. The molecular weight excluding hydrogens is 360 g/mol. The molecule has 0 saturated carbocycles. The first-order valence-corrected chi connectivity index (χ1v) is 9.72. The number of rotatable bonds is 4. The Morgan fingerprint density at radius 1 is 1.19 bits per heavy atom. The monoisotopic (exact) mass is 382 g/mol. The number of hydrogen-bond acceptors (Lipinski definition) is 3. The van der Waals surface area contributed by atoms with Crippen LogP contribution in [0.3, 0.4) is 0 Å². The Kier molecular flexibility index (Phi) is 5.19. The van der Waals surface area contributed by atoms with Gasteiger partial charge in [0, 0.05) is 31.2 Å². The number of aromatic amines is 1. The van der Waals surface area contributed by atoms with Crippen molar-refractivity contribution < 1.29 is 4.74 Å². The Balaban J connectivity index is 1.40. The van der Waals surface area contributed by atoms with Crippen molar-refractivity contribution in [1.29, 1.82) is 0 Å². The molecule has 0 radical (unpaired) electrons. The average molecular weight is 383 g/mol. The molecule has 4 rings (SSSR count). The molecule has 140 valence electrons. The number of fused-ring (bicyclic) bond motifs is 1. The second kappa shape index (κ2) is 7.75. The Morgan fingerprint density at radius 3 is 2.78 bits per heavy atom. The van der Waals surface area contributed by atoms with Crippen LogP contribution in [0.25, 0.3) is 10.8 Å². The van der Waals surface area contributed by atoms with Crippen molar-refractivity contribution in [2.45, 2.75) is 32.4 Å². The van der Waals surface area contributed by atoms with Gasteiger partial charge in [-0.05, 0) is 48.9 Å². The molecule has 3 aromatic rings. The molecule has 0 aliphatic carbocycles. The molecule has 0 spiro atoms. The SMILES string of the molecule is Cc1cccc(CN2CCC(Oc3cc4cc[nH]c(=O)c4cc3Cl)CC2)c1. The number of aromatic nitrogens is 1. The number of aryl methyl sites for hydroxylation is 1. The maximum atomic E-state index is 11.9. The van der Waals surface area contributed by atoms with E-state index in [1.807, 2.05) is 12.1 Å². The fourth-order valence-corrected chi connectivity index (χ4v) is 3.92. The van der Waals surface area contributed by atoms with Gasteiger partial charge in [-0.1, -0.05) is 41.4 Å². The summed E-state index contributed by atoms with van der Waals surface area (Å²) in [7, 11) is 0. The van der Waals surface area contributed by atoms with E-state index in [-0.39, 0.29) is 11.7 Å². The zero-order valence-electron chi connectivity index (χ0n) is 15.4. The molecule has 1 N–H and O–H groups in total. The summed E-state index contributed by atoms with van der Waals surface area (Å²) in [5.41, 5.74) is 2.53. The molecule has 0 atom stereocenters. The van der Waals surface area contributed by atoms with Crippen molar-refractivity contribution in [3.8, 4) is 5.75 Å². The van der Waals surface area contributed by atoms with E-state index in [1.54, 1.807) is 12.3 Å². The van der Waals surface area contributed by atoms with Gasteiger partial charge < -0.3 is 9.72 Å². The van der Waals surface area contributed by atoms with Crippen LogP contribution in [0.2, 0.25) is 5.02 Å². The van der Waals surface area contributed by atoms with Gasteiger partial charge in [-0.25, -0.2) is 0 Å². The predicted molar refractivity (Wildman–Crippen MR) is 110 cm³/mol. The fraction of sp³-hybridized carbons (Fsp3) is 0.318. The number of ether oxygens (including phenoxy) is 1. The van der Waals surface area contributed by atoms with Gasteiger partial charge in [0.15, 0.2) is 0 Å². The van der Waals surface area contributed by atoms with Crippen molar-refractivity contribution >= 4 is 22.4 Å². The predicted octanol–water partition coefficient (Wildman–Crippen LogP) is 4.53. The zero-order chi connectivity index (χ0) is 18.8. The average Bonchev–Trinajstić information content (AvgIpc) is 2.65. The first-order valence-electron chi connectivity index (χ1n) is 9.34. The molecule has 2 aromatic carbocycles. The first-order chi connectivity index (χ1) is 13.1. The summed E-state index contributed by atoms with van der Waals surface area (Å²) in [5, 5.41) is 1.92. The molecular formula is C22H23ClN2O2. The van der Waals surface area contributed by atoms with E-state index in [1.165, 1.54) is 11.1 Å². The highest BCUT2D eigenvalue weighted by Crippen LogP contribution is 2.31. The molecule has 1 aliphatic heterocycles. The number of hydrogen-bond donors (Lipinski definition) is 1. The summed E-state index contributed by atoms with van der Waals surface area (Å²) in [5.74, 6) is 0.659. The van der Waals surface area contributed by atoms with Crippen LogP contribution in [0.1, 0.15) is 24.0 Å². The van der Waals surface area contributed by atoms with Gasteiger partial charge in [0.1, 0.15) is 11.9 Å². The molecule has 0 bridgehead atoms. The third-order valence-corrected chi connectivity index (χ3v) is 5.44. The smallest absolute Gasteiger partial charge is 0.255 e. The Bertz CT molecular complexity index is 1010. The van der Waals surface area contributed by atoms with Crippen LogP contribution in [0.4, 0.5) is 0 Å². The lowest BCUT2D eigenvalue weighted by Crippen LogP contribution is -2.37. The standard InChI is InChI=1S/C22H23ClN2O2/c1-15-3-2-4-16(11-15)14-25-9-6-18(7-10-25)27-21-12-17-5-8-24-22(26)19(17)13-20(21)23/h2-5,8,11-13,18H,6-7,9-10,14H2,1H3,(H,24,26). The summed E-state index contributed by atoms with van der Waals surface area (Å²) >= 11 is 6.36. The number of piperidine rings is 1. The van der Waals surface area contributed by atoms with Crippen molar-refractivity contribution in [3.05, 3.63) is 75.2 Å². The number of nitrogens with zero attached hydrogens (tertiary/aromatic N) is 1. The lowest BCUT2D eigenvalue weighted by atomic mass is 10.1. The van der Waals surface area contributed by atoms with Gasteiger partial charge in [-0.2, -0.15) is 0 Å². The minimum atomic E-state index is -0.134. The first kappa shape index (κ1) is 18.1. The van der Waals surface area contributed by atoms with Gasteiger partial charge in [0.05, 0.1) is 5.02 Å². The van der Waals surface area contributed by atoms with E-state index < -0.39 is 0 Å². The van der Waals surface area contributed by atoms with Crippen molar-refractivity contribution in [2.24, 2.45) is 0 Å². The van der Waals surface area contributed by atoms with Crippen molar-refractivity contribution in [1.82, 2.24) is 9.88 Å². The van der Waals surface area contributed by atoms with Gasteiger partial charge in [0.2, 0.25) is 0 Å². The van der Waals surface area contributed by atoms with Crippen LogP contribution in [-0.4, -0.2) is 29.1 Å². The van der Waals surface area contributed by atoms with Gasteiger partial charge in [0.25, 0.3) is 5.56 Å². The number of likely N-dealkylation sites (tertiary alicyclic amines) is 1. The summed E-state index contributed by atoms with van der Waals surface area (Å²) in [6.07, 6.45) is 3.73. The Morgan fingerprint density at radius 2 is 2.00 bits per heavy atom. The lowest BCUT2D eigenvalue weighted by molar-refractivity contribution is 0.0970. The van der Waals surface area contributed by atoms with Crippen LogP contribution in [0.15, 0.2) is 53.5 Å². The molecule has 0 unspecified atom stereocenters. The lowest BCUT2D eigenvalue weighted by Gasteiger charge is -2.32. The summed E-state index contributed by atoms with van der Waals surface area (Å²) in [4.78, 5) is 17.0. The normalized spacial score (nSPS) is 15.9. The largest absolute Gasteiger partial charge is 0.489 e. The minimum Gasteiger partial charge on any atom is -0.489 e. The Hall–Kier alpha value is -2.30. The quantitative estimate of drug-likeness (QED) is 0.720. The van der Waals surface area contributed by atoms with E-state index >= 15 is 0 Å².